The fourth-order valence-corrected chi connectivity index (χ4v) is 2.21. The number of carbonyl (C=O) groups excluding carboxylic acids is 1. The normalized spacial score (nSPS) is 14.7. The summed E-state index contributed by atoms with van der Waals surface area (Å²) in [5, 5.41) is 0.115. The third-order valence-corrected chi connectivity index (χ3v) is 3.40. The zero-order chi connectivity index (χ0) is 13.8. The molecule has 104 valence electrons. The van der Waals surface area contributed by atoms with Gasteiger partial charge in [0.15, 0.2) is 0 Å². The van der Waals surface area contributed by atoms with E-state index < -0.39 is 5.82 Å². The van der Waals surface area contributed by atoms with Crippen LogP contribution in [0, 0.1) is 5.82 Å². The summed E-state index contributed by atoms with van der Waals surface area (Å²) in [7, 11) is 0. The summed E-state index contributed by atoms with van der Waals surface area (Å²) in [5.74, 6) is -0.671. The summed E-state index contributed by atoms with van der Waals surface area (Å²) >= 11 is 5.76. The lowest BCUT2D eigenvalue weighted by molar-refractivity contribution is -0.144. The largest absolute Gasteiger partial charge is 0.465 e. The maximum atomic E-state index is 13.9. The molecule has 5 heteroatoms. The Bertz CT molecular complexity index is 463. The van der Waals surface area contributed by atoms with Crippen LogP contribution in [0.2, 0.25) is 5.02 Å². The van der Waals surface area contributed by atoms with Crippen molar-refractivity contribution >= 4 is 17.6 Å². The van der Waals surface area contributed by atoms with Gasteiger partial charge in [-0.2, -0.15) is 0 Å². The smallest absolute Gasteiger partial charge is 0.320 e. The standard InChI is InChI=1S/C14H17ClFNO2/c1-2-19-13(18)9-17(11-6-7-11)8-10-4-3-5-12(15)14(10)16/h3-5,11H,2,6-9H2,1H3. The highest BCUT2D eigenvalue weighted by atomic mass is 35.5. The maximum Gasteiger partial charge on any atom is 0.320 e. The summed E-state index contributed by atoms with van der Waals surface area (Å²) in [6.45, 7) is 2.72. The molecule has 1 aromatic carbocycles. The van der Waals surface area contributed by atoms with Crippen LogP contribution in [0.5, 0.6) is 0 Å². The van der Waals surface area contributed by atoms with Gasteiger partial charge in [0, 0.05) is 18.2 Å². The van der Waals surface area contributed by atoms with Crippen molar-refractivity contribution < 1.29 is 13.9 Å². The zero-order valence-electron chi connectivity index (χ0n) is 10.9. The lowest BCUT2D eigenvalue weighted by atomic mass is 10.2. The Morgan fingerprint density at radius 2 is 2.26 bits per heavy atom. The Morgan fingerprint density at radius 1 is 1.53 bits per heavy atom. The lowest BCUT2D eigenvalue weighted by Gasteiger charge is -2.21. The van der Waals surface area contributed by atoms with E-state index >= 15 is 0 Å². The van der Waals surface area contributed by atoms with Crippen LogP contribution in [0.3, 0.4) is 0 Å². The Kier molecular flexibility index (Phi) is 4.77. The third-order valence-electron chi connectivity index (χ3n) is 3.11. The van der Waals surface area contributed by atoms with E-state index in [0.29, 0.717) is 24.8 Å². The number of rotatable bonds is 6. The van der Waals surface area contributed by atoms with E-state index in [1.54, 1.807) is 19.1 Å². The van der Waals surface area contributed by atoms with Gasteiger partial charge in [0.25, 0.3) is 0 Å². The first-order valence-corrected chi connectivity index (χ1v) is 6.82. The molecular weight excluding hydrogens is 269 g/mol. The molecule has 0 radical (unpaired) electrons. The molecule has 0 saturated heterocycles. The quantitative estimate of drug-likeness (QED) is 0.753. The van der Waals surface area contributed by atoms with Gasteiger partial charge in [-0.05, 0) is 25.8 Å². The molecule has 0 atom stereocenters. The summed E-state index contributed by atoms with van der Waals surface area (Å²) in [6, 6.07) is 5.29. The molecular formula is C14H17ClFNO2. The average molecular weight is 286 g/mol. The Labute approximate surface area is 117 Å². The number of carbonyl (C=O) groups is 1. The molecule has 0 N–H and O–H groups in total. The fourth-order valence-electron chi connectivity index (χ4n) is 2.02. The second kappa shape index (κ2) is 6.35. The van der Waals surface area contributed by atoms with Gasteiger partial charge in [0.1, 0.15) is 5.82 Å². The molecule has 1 aliphatic rings. The van der Waals surface area contributed by atoms with E-state index in [1.807, 2.05) is 4.90 Å². The first-order valence-electron chi connectivity index (χ1n) is 6.44. The molecule has 0 bridgehead atoms. The summed E-state index contributed by atoms with van der Waals surface area (Å²) < 4.78 is 18.8. The number of esters is 1. The number of hydrogen-bond acceptors (Lipinski definition) is 3. The van der Waals surface area contributed by atoms with Crippen LogP contribution in [0.4, 0.5) is 4.39 Å². The van der Waals surface area contributed by atoms with Crippen molar-refractivity contribution in [3.8, 4) is 0 Å². The number of ether oxygens (including phenoxy) is 1. The Morgan fingerprint density at radius 3 is 2.89 bits per heavy atom. The van der Waals surface area contributed by atoms with Crippen molar-refractivity contribution in [2.24, 2.45) is 0 Å². The van der Waals surface area contributed by atoms with Gasteiger partial charge in [-0.1, -0.05) is 23.7 Å². The minimum Gasteiger partial charge on any atom is -0.465 e. The van der Waals surface area contributed by atoms with Crippen LogP contribution >= 0.6 is 11.6 Å². The number of halogens is 2. The van der Waals surface area contributed by atoms with E-state index in [0.717, 1.165) is 12.8 Å². The van der Waals surface area contributed by atoms with Gasteiger partial charge >= 0.3 is 5.97 Å². The first-order chi connectivity index (χ1) is 9.11. The Balaban J connectivity index is 2.04. The Hall–Kier alpha value is -1.13. The molecule has 1 aromatic rings. The number of nitrogens with zero attached hydrogens (tertiary/aromatic N) is 1. The van der Waals surface area contributed by atoms with Crippen LogP contribution < -0.4 is 0 Å². The van der Waals surface area contributed by atoms with Crippen molar-refractivity contribution in [1.82, 2.24) is 4.90 Å². The maximum absolute atomic E-state index is 13.9. The van der Waals surface area contributed by atoms with Gasteiger partial charge in [0.2, 0.25) is 0 Å². The molecule has 0 aromatic heterocycles. The second-order valence-corrected chi connectivity index (χ2v) is 5.06. The lowest BCUT2D eigenvalue weighted by Crippen LogP contribution is -2.32. The molecule has 2 rings (SSSR count). The monoisotopic (exact) mass is 285 g/mol. The average Bonchev–Trinajstić information content (AvgIpc) is 3.18. The van der Waals surface area contributed by atoms with Gasteiger partial charge in [-0.25, -0.2) is 4.39 Å². The van der Waals surface area contributed by atoms with E-state index in [-0.39, 0.29) is 17.5 Å². The van der Waals surface area contributed by atoms with Crippen LogP contribution in [0.25, 0.3) is 0 Å². The molecule has 19 heavy (non-hydrogen) atoms. The molecule has 1 aliphatic carbocycles. The molecule has 0 unspecified atom stereocenters. The number of benzene rings is 1. The highest BCUT2D eigenvalue weighted by Gasteiger charge is 2.31. The van der Waals surface area contributed by atoms with E-state index in [4.69, 9.17) is 16.3 Å². The van der Waals surface area contributed by atoms with Crippen molar-refractivity contribution in [3.05, 3.63) is 34.6 Å². The van der Waals surface area contributed by atoms with Gasteiger partial charge in [0.05, 0.1) is 18.2 Å². The predicted molar refractivity (Wildman–Crippen MR) is 71.5 cm³/mol. The third kappa shape index (κ3) is 3.91. The molecule has 1 saturated carbocycles. The molecule has 0 aliphatic heterocycles. The summed E-state index contributed by atoms with van der Waals surface area (Å²) in [6.07, 6.45) is 2.09. The molecule has 0 heterocycles. The molecule has 1 fully saturated rings. The topological polar surface area (TPSA) is 29.5 Å². The van der Waals surface area contributed by atoms with Crippen LogP contribution in [0.15, 0.2) is 18.2 Å². The van der Waals surface area contributed by atoms with Gasteiger partial charge < -0.3 is 4.74 Å². The summed E-state index contributed by atoms with van der Waals surface area (Å²) in [5.41, 5.74) is 0.517. The second-order valence-electron chi connectivity index (χ2n) is 4.65. The molecule has 0 amide bonds. The van der Waals surface area contributed by atoms with E-state index in [1.165, 1.54) is 6.07 Å². The minimum atomic E-state index is -0.404. The van der Waals surface area contributed by atoms with Crippen molar-refractivity contribution in [1.29, 1.82) is 0 Å². The SMILES string of the molecule is CCOC(=O)CN(Cc1cccc(Cl)c1F)C1CC1. The van der Waals surface area contributed by atoms with Crippen molar-refractivity contribution in [3.63, 3.8) is 0 Å². The van der Waals surface area contributed by atoms with E-state index in [9.17, 15) is 9.18 Å². The van der Waals surface area contributed by atoms with Crippen LogP contribution in [-0.2, 0) is 16.1 Å². The van der Waals surface area contributed by atoms with Crippen molar-refractivity contribution in [2.45, 2.75) is 32.4 Å². The van der Waals surface area contributed by atoms with E-state index in [2.05, 4.69) is 0 Å². The number of hydrogen-bond donors (Lipinski definition) is 0. The zero-order valence-corrected chi connectivity index (χ0v) is 11.6. The first kappa shape index (κ1) is 14.3. The highest BCUT2D eigenvalue weighted by molar-refractivity contribution is 6.30. The molecule has 3 nitrogen and oxygen atoms in total. The minimum absolute atomic E-state index is 0.115. The van der Waals surface area contributed by atoms with Crippen molar-refractivity contribution in [2.75, 3.05) is 13.2 Å². The fraction of sp³-hybridized carbons (Fsp3) is 0.500. The van der Waals surface area contributed by atoms with Gasteiger partial charge in [-0.3, -0.25) is 9.69 Å². The summed E-state index contributed by atoms with van der Waals surface area (Å²) in [4.78, 5) is 13.5. The van der Waals surface area contributed by atoms with Gasteiger partial charge in [-0.15, -0.1) is 0 Å². The highest BCUT2D eigenvalue weighted by Crippen LogP contribution is 2.29. The molecule has 0 spiro atoms. The van der Waals surface area contributed by atoms with Crippen LogP contribution in [-0.4, -0.2) is 30.1 Å². The predicted octanol–water partition coefficient (Wildman–Crippen LogP) is 3.01. The van der Waals surface area contributed by atoms with Crippen LogP contribution in [0.1, 0.15) is 25.3 Å².